The maximum absolute atomic E-state index is 13.0. The van der Waals surface area contributed by atoms with E-state index in [0.29, 0.717) is 22.5 Å². The van der Waals surface area contributed by atoms with Gasteiger partial charge >= 0.3 is 12.2 Å². The van der Waals surface area contributed by atoms with Crippen molar-refractivity contribution in [2.75, 3.05) is 10.6 Å². The van der Waals surface area contributed by atoms with Crippen LogP contribution in [-0.2, 0) is 9.47 Å². The van der Waals surface area contributed by atoms with Crippen LogP contribution in [0.15, 0.2) is 36.9 Å². The molecule has 0 fully saturated rings. The van der Waals surface area contributed by atoms with E-state index in [1.54, 1.807) is 70.4 Å². The van der Waals surface area contributed by atoms with E-state index in [0.717, 1.165) is 4.90 Å². The van der Waals surface area contributed by atoms with Gasteiger partial charge in [0, 0.05) is 11.4 Å². The van der Waals surface area contributed by atoms with Crippen LogP contribution in [0, 0.1) is 0 Å². The van der Waals surface area contributed by atoms with Gasteiger partial charge in [0.15, 0.2) is 11.5 Å². The third-order valence-electron chi connectivity index (χ3n) is 3.86. The van der Waals surface area contributed by atoms with E-state index in [1.807, 2.05) is 0 Å². The Hall–Kier alpha value is -3.69. The molecule has 0 atom stereocenters. The first-order chi connectivity index (χ1) is 14.4. The number of carbonyl (C=O) groups excluding carboxylic acids is 2. The molecule has 3 rings (SSSR count). The predicted octanol–water partition coefficient (Wildman–Crippen LogP) is 4.07. The molecule has 3 aromatic rings. The zero-order valence-corrected chi connectivity index (χ0v) is 18.4. The number of imidazole rings is 1. The van der Waals surface area contributed by atoms with Crippen LogP contribution >= 0.6 is 0 Å². The van der Waals surface area contributed by atoms with Crippen molar-refractivity contribution in [3.63, 3.8) is 0 Å². The lowest BCUT2D eigenvalue weighted by molar-refractivity contribution is 0.0429. The highest BCUT2D eigenvalue weighted by atomic mass is 16.6. The molecule has 2 heterocycles. The molecule has 0 aliphatic rings. The average molecular weight is 426 g/mol. The van der Waals surface area contributed by atoms with Crippen molar-refractivity contribution < 1.29 is 19.1 Å². The Morgan fingerprint density at radius 3 is 1.97 bits per heavy atom. The molecule has 2 aromatic heterocycles. The Bertz CT molecular complexity index is 1080. The maximum Gasteiger partial charge on any atom is 0.425 e. The van der Waals surface area contributed by atoms with Crippen LogP contribution in [0.3, 0.4) is 0 Å². The second-order valence-electron chi connectivity index (χ2n) is 8.87. The van der Waals surface area contributed by atoms with Gasteiger partial charge in [-0.05, 0) is 65.8 Å². The zero-order chi connectivity index (χ0) is 23.0. The lowest BCUT2D eigenvalue weighted by atomic mass is 10.2. The number of fused-ring (bicyclic) bond motifs is 1. The van der Waals surface area contributed by atoms with E-state index in [9.17, 15) is 9.59 Å². The van der Waals surface area contributed by atoms with Crippen LogP contribution in [0.1, 0.15) is 41.5 Å². The summed E-state index contributed by atoms with van der Waals surface area (Å²) in [5.74, 6) is -0.0113. The summed E-state index contributed by atoms with van der Waals surface area (Å²) in [4.78, 5) is 39.5. The second-order valence-corrected chi connectivity index (χ2v) is 8.87. The van der Waals surface area contributed by atoms with Gasteiger partial charge in [-0.1, -0.05) is 0 Å². The molecular formula is C21H26N6O4. The molecule has 164 valence electrons. The highest BCUT2D eigenvalue weighted by molar-refractivity contribution is 6.12. The second kappa shape index (κ2) is 7.86. The minimum absolute atomic E-state index is 0.0113. The Morgan fingerprint density at radius 2 is 1.45 bits per heavy atom. The smallest absolute Gasteiger partial charge is 0.425 e. The Morgan fingerprint density at radius 1 is 0.903 bits per heavy atom. The molecule has 1 aromatic carbocycles. The van der Waals surface area contributed by atoms with E-state index < -0.39 is 23.4 Å². The molecule has 0 bridgehead atoms. The van der Waals surface area contributed by atoms with Gasteiger partial charge in [0.25, 0.3) is 0 Å². The summed E-state index contributed by atoms with van der Waals surface area (Å²) in [5.41, 5.74) is 6.01. The van der Waals surface area contributed by atoms with Crippen LogP contribution in [0.5, 0.6) is 0 Å². The van der Waals surface area contributed by atoms with Gasteiger partial charge in [-0.2, -0.15) is 4.90 Å². The standard InChI is InChI=1S/C21H26N6O4/c1-20(2,3)30-18(28)27(19(29)31-21(4,5)6)17-15-16(23-11-24-17)25-12-26(15)14-9-7-13(22)8-10-14/h7-12H,22H2,1-6H3. The number of hydrogen-bond acceptors (Lipinski definition) is 8. The molecule has 2 amide bonds. The van der Waals surface area contributed by atoms with Gasteiger partial charge in [0.2, 0.25) is 0 Å². The number of carbonyl (C=O) groups is 2. The van der Waals surface area contributed by atoms with Gasteiger partial charge in [-0.15, -0.1) is 0 Å². The highest BCUT2D eigenvalue weighted by Crippen LogP contribution is 2.28. The van der Waals surface area contributed by atoms with Crippen LogP contribution < -0.4 is 10.6 Å². The third-order valence-corrected chi connectivity index (χ3v) is 3.86. The summed E-state index contributed by atoms with van der Waals surface area (Å²) in [5, 5.41) is 0. The fourth-order valence-corrected chi connectivity index (χ4v) is 2.70. The summed E-state index contributed by atoms with van der Waals surface area (Å²) in [6.07, 6.45) is 0.898. The topological polar surface area (TPSA) is 125 Å². The number of amides is 2. The number of rotatable bonds is 2. The molecule has 0 radical (unpaired) electrons. The molecule has 0 unspecified atom stereocenters. The Labute approximate surface area is 180 Å². The molecule has 0 saturated carbocycles. The average Bonchev–Trinajstić information content (AvgIpc) is 3.04. The summed E-state index contributed by atoms with van der Waals surface area (Å²) >= 11 is 0. The van der Waals surface area contributed by atoms with Gasteiger partial charge in [-0.3, -0.25) is 4.57 Å². The molecule has 2 N–H and O–H groups in total. The van der Waals surface area contributed by atoms with Crippen molar-refractivity contribution in [1.82, 2.24) is 19.5 Å². The number of anilines is 2. The summed E-state index contributed by atoms with van der Waals surface area (Å²) in [6, 6.07) is 7.01. The number of nitrogens with zero attached hydrogens (tertiary/aromatic N) is 5. The number of hydrogen-bond donors (Lipinski definition) is 1. The van der Waals surface area contributed by atoms with Crippen LogP contribution in [0.4, 0.5) is 21.1 Å². The van der Waals surface area contributed by atoms with Gasteiger partial charge in [0.05, 0.1) is 0 Å². The van der Waals surface area contributed by atoms with Crippen molar-refractivity contribution in [3.8, 4) is 5.69 Å². The van der Waals surface area contributed by atoms with E-state index in [4.69, 9.17) is 15.2 Å². The lowest BCUT2D eigenvalue weighted by Crippen LogP contribution is -2.44. The van der Waals surface area contributed by atoms with Crippen molar-refractivity contribution >= 4 is 34.9 Å². The quantitative estimate of drug-likeness (QED) is 0.608. The van der Waals surface area contributed by atoms with E-state index >= 15 is 0 Å². The summed E-state index contributed by atoms with van der Waals surface area (Å²) in [6.45, 7) is 10.2. The molecule has 10 heteroatoms. The van der Waals surface area contributed by atoms with E-state index in [1.165, 1.54) is 12.7 Å². The van der Waals surface area contributed by atoms with Gasteiger partial charge in [-0.25, -0.2) is 24.5 Å². The first-order valence-electron chi connectivity index (χ1n) is 9.66. The zero-order valence-electron chi connectivity index (χ0n) is 18.4. The van der Waals surface area contributed by atoms with Crippen molar-refractivity contribution in [2.45, 2.75) is 52.7 Å². The predicted molar refractivity (Wildman–Crippen MR) is 116 cm³/mol. The Kier molecular flexibility index (Phi) is 5.58. The van der Waals surface area contributed by atoms with Crippen molar-refractivity contribution in [1.29, 1.82) is 0 Å². The van der Waals surface area contributed by atoms with Crippen LogP contribution in [0.25, 0.3) is 16.9 Å². The number of imide groups is 1. The fourth-order valence-electron chi connectivity index (χ4n) is 2.70. The molecule has 0 aliphatic heterocycles. The van der Waals surface area contributed by atoms with E-state index in [2.05, 4.69) is 15.0 Å². The molecule has 0 saturated heterocycles. The summed E-state index contributed by atoms with van der Waals surface area (Å²) < 4.78 is 12.6. The van der Waals surface area contributed by atoms with E-state index in [-0.39, 0.29) is 5.82 Å². The maximum atomic E-state index is 13.0. The summed E-state index contributed by atoms with van der Waals surface area (Å²) in [7, 11) is 0. The van der Waals surface area contributed by atoms with Crippen molar-refractivity contribution in [3.05, 3.63) is 36.9 Å². The van der Waals surface area contributed by atoms with Crippen molar-refractivity contribution in [2.24, 2.45) is 0 Å². The number of aromatic nitrogens is 4. The largest absolute Gasteiger partial charge is 0.443 e. The fraction of sp³-hybridized carbons (Fsp3) is 0.381. The minimum atomic E-state index is -0.924. The molecule has 0 aliphatic carbocycles. The normalized spacial score (nSPS) is 11.9. The third kappa shape index (κ3) is 5.08. The van der Waals surface area contributed by atoms with Crippen LogP contribution in [-0.4, -0.2) is 42.9 Å². The number of benzene rings is 1. The first-order valence-corrected chi connectivity index (χ1v) is 9.66. The molecule has 10 nitrogen and oxygen atoms in total. The Balaban J connectivity index is 2.19. The van der Waals surface area contributed by atoms with Gasteiger partial charge in [0.1, 0.15) is 29.4 Å². The lowest BCUT2D eigenvalue weighted by Gasteiger charge is -2.28. The number of nitrogens with two attached hydrogens (primary N) is 1. The molecule has 31 heavy (non-hydrogen) atoms. The molecule has 0 spiro atoms. The monoisotopic (exact) mass is 426 g/mol. The SMILES string of the molecule is CC(C)(C)OC(=O)N(C(=O)OC(C)(C)C)c1ncnc2ncn(-c3ccc(N)cc3)c12. The highest BCUT2D eigenvalue weighted by Gasteiger charge is 2.35. The minimum Gasteiger partial charge on any atom is -0.443 e. The molecular weight excluding hydrogens is 400 g/mol. The number of ether oxygens (including phenoxy) is 2. The first kappa shape index (κ1) is 22.0. The van der Waals surface area contributed by atoms with Crippen LogP contribution in [0.2, 0.25) is 0 Å². The van der Waals surface area contributed by atoms with Gasteiger partial charge < -0.3 is 15.2 Å². The number of nitrogen functional groups attached to an aromatic ring is 1.